The van der Waals surface area contributed by atoms with E-state index in [0.29, 0.717) is 18.5 Å². The summed E-state index contributed by atoms with van der Waals surface area (Å²) >= 11 is 0. The highest BCUT2D eigenvalue weighted by Gasteiger charge is 2.21. The maximum atomic E-state index is 13.4. The van der Waals surface area contributed by atoms with Crippen molar-refractivity contribution in [1.29, 1.82) is 0 Å². The van der Waals surface area contributed by atoms with E-state index in [2.05, 4.69) is 43.3 Å². The number of rotatable bonds is 5. The van der Waals surface area contributed by atoms with Gasteiger partial charge in [0.1, 0.15) is 0 Å². The molecule has 1 aromatic heterocycles. The van der Waals surface area contributed by atoms with Crippen molar-refractivity contribution in [2.24, 2.45) is 5.73 Å². The lowest BCUT2D eigenvalue weighted by Gasteiger charge is -2.11. The number of aryl methyl sites for hydroxylation is 1. The molecule has 0 atom stereocenters. The molecule has 0 aliphatic rings. The second-order valence-electron chi connectivity index (χ2n) is 8.01. The van der Waals surface area contributed by atoms with Crippen molar-refractivity contribution in [3.8, 4) is 11.1 Å². The fourth-order valence-corrected chi connectivity index (χ4v) is 5.81. The van der Waals surface area contributed by atoms with E-state index < -0.39 is 10.0 Å². The number of fused-ring (bicyclic) bond motifs is 2. The molecule has 1 heterocycles. The number of nitrogens with zero attached hydrogens (tertiary/aromatic N) is 1. The van der Waals surface area contributed by atoms with Gasteiger partial charge in [-0.2, -0.15) is 0 Å². The number of nitrogens with two attached hydrogens (primary N) is 1. The van der Waals surface area contributed by atoms with Crippen LogP contribution in [-0.4, -0.2) is 18.9 Å². The van der Waals surface area contributed by atoms with Crippen molar-refractivity contribution in [2.45, 2.75) is 18.2 Å². The molecule has 0 unspecified atom stereocenters. The van der Waals surface area contributed by atoms with Crippen molar-refractivity contribution >= 4 is 31.7 Å². The molecule has 32 heavy (non-hydrogen) atoms. The van der Waals surface area contributed by atoms with E-state index in [1.807, 2.05) is 24.3 Å². The van der Waals surface area contributed by atoms with E-state index in [4.69, 9.17) is 5.73 Å². The first-order valence-electron chi connectivity index (χ1n) is 10.6. The predicted octanol–water partition coefficient (Wildman–Crippen LogP) is 5.51. The van der Waals surface area contributed by atoms with Crippen LogP contribution in [0, 0.1) is 6.92 Å². The van der Waals surface area contributed by atoms with E-state index in [-0.39, 0.29) is 4.90 Å². The highest BCUT2D eigenvalue weighted by molar-refractivity contribution is 7.90. The zero-order chi connectivity index (χ0) is 22.3. The monoisotopic (exact) mass is 440 g/mol. The number of benzene rings is 4. The zero-order valence-electron chi connectivity index (χ0n) is 17.8. The van der Waals surface area contributed by atoms with E-state index >= 15 is 0 Å². The summed E-state index contributed by atoms with van der Waals surface area (Å²) in [6.45, 7) is 2.56. The Labute approximate surface area is 188 Å². The Balaban J connectivity index is 1.74. The van der Waals surface area contributed by atoms with E-state index in [0.717, 1.165) is 22.1 Å². The average molecular weight is 441 g/mol. The minimum atomic E-state index is -3.70. The molecule has 0 amide bonds. The maximum Gasteiger partial charge on any atom is 0.268 e. The van der Waals surface area contributed by atoms with Crippen LogP contribution >= 0.6 is 0 Å². The predicted molar refractivity (Wildman–Crippen MR) is 131 cm³/mol. The molecule has 0 aliphatic carbocycles. The summed E-state index contributed by atoms with van der Waals surface area (Å²) in [5.41, 5.74) is 10.9. The third-order valence-corrected chi connectivity index (χ3v) is 7.71. The molecular weight excluding hydrogens is 416 g/mol. The van der Waals surface area contributed by atoms with Crippen LogP contribution in [0.1, 0.15) is 11.1 Å². The number of hydrogen-bond acceptors (Lipinski definition) is 3. The van der Waals surface area contributed by atoms with Gasteiger partial charge in [0, 0.05) is 11.6 Å². The molecule has 2 N–H and O–H groups in total. The van der Waals surface area contributed by atoms with Gasteiger partial charge in [-0.3, -0.25) is 0 Å². The van der Waals surface area contributed by atoms with Gasteiger partial charge in [-0.25, -0.2) is 12.4 Å². The van der Waals surface area contributed by atoms with Gasteiger partial charge < -0.3 is 5.73 Å². The summed E-state index contributed by atoms with van der Waals surface area (Å²) < 4.78 is 28.1. The van der Waals surface area contributed by atoms with E-state index in [1.165, 1.54) is 20.3 Å². The smallest absolute Gasteiger partial charge is 0.268 e. The van der Waals surface area contributed by atoms with Crippen molar-refractivity contribution in [3.05, 3.63) is 102 Å². The molecule has 0 fully saturated rings. The lowest BCUT2D eigenvalue weighted by atomic mass is 9.94. The molecular formula is C27H24N2O2S. The van der Waals surface area contributed by atoms with Crippen LogP contribution in [0.15, 0.2) is 96.0 Å². The highest BCUT2D eigenvalue weighted by atomic mass is 32.2. The molecule has 0 spiro atoms. The molecule has 4 nitrogen and oxygen atoms in total. The molecule has 0 saturated heterocycles. The fraction of sp³-hybridized carbons (Fsp3) is 0.111. The van der Waals surface area contributed by atoms with Crippen LogP contribution in [-0.2, 0) is 16.4 Å². The molecule has 160 valence electrons. The van der Waals surface area contributed by atoms with E-state index in [1.54, 1.807) is 30.5 Å². The SMILES string of the molecule is Cc1ccc(-c2ccc3c(c2)c(CCN)cn3S(=O)(=O)c2ccccc2)c2ccccc12. The van der Waals surface area contributed by atoms with Crippen LogP contribution in [0.5, 0.6) is 0 Å². The van der Waals surface area contributed by atoms with Gasteiger partial charge in [0.05, 0.1) is 10.4 Å². The van der Waals surface area contributed by atoms with Crippen molar-refractivity contribution < 1.29 is 8.42 Å². The summed E-state index contributed by atoms with van der Waals surface area (Å²) in [5, 5.41) is 3.32. The Hall–Kier alpha value is -3.41. The number of hydrogen-bond donors (Lipinski definition) is 1. The molecule has 5 aromatic rings. The highest BCUT2D eigenvalue weighted by Crippen LogP contribution is 2.34. The Morgan fingerprint density at radius 3 is 2.28 bits per heavy atom. The molecule has 0 aliphatic heterocycles. The average Bonchev–Trinajstić information content (AvgIpc) is 3.19. The van der Waals surface area contributed by atoms with E-state index in [9.17, 15) is 8.42 Å². The fourth-order valence-electron chi connectivity index (χ4n) is 4.39. The zero-order valence-corrected chi connectivity index (χ0v) is 18.6. The first-order chi connectivity index (χ1) is 15.5. The van der Waals surface area contributed by atoms with Gasteiger partial charge >= 0.3 is 0 Å². The first kappa shape index (κ1) is 20.5. The van der Waals surface area contributed by atoms with Crippen LogP contribution in [0.3, 0.4) is 0 Å². The van der Waals surface area contributed by atoms with Crippen molar-refractivity contribution in [2.75, 3.05) is 6.54 Å². The number of aromatic nitrogens is 1. The van der Waals surface area contributed by atoms with Gasteiger partial charge in [0.15, 0.2) is 0 Å². The summed E-state index contributed by atoms with van der Waals surface area (Å²) in [7, 11) is -3.70. The minimum Gasteiger partial charge on any atom is -0.330 e. The molecule has 0 saturated carbocycles. The Morgan fingerprint density at radius 1 is 0.812 bits per heavy atom. The lowest BCUT2D eigenvalue weighted by molar-refractivity contribution is 0.589. The topological polar surface area (TPSA) is 65.1 Å². The molecule has 0 bridgehead atoms. The maximum absolute atomic E-state index is 13.4. The first-order valence-corrected chi connectivity index (χ1v) is 12.1. The van der Waals surface area contributed by atoms with Crippen LogP contribution < -0.4 is 5.73 Å². The Morgan fingerprint density at radius 2 is 1.53 bits per heavy atom. The molecule has 5 rings (SSSR count). The van der Waals surface area contributed by atoms with Crippen LogP contribution in [0.25, 0.3) is 32.8 Å². The van der Waals surface area contributed by atoms with Crippen LogP contribution in [0.2, 0.25) is 0 Å². The third-order valence-electron chi connectivity index (χ3n) is 6.02. The van der Waals surface area contributed by atoms with Gasteiger partial charge in [0.2, 0.25) is 0 Å². The Bertz CT molecular complexity index is 1550. The quantitative estimate of drug-likeness (QED) is 0.392. The second-order valence-corrected chi connectivity index (χ2v) is 9.83. The minimum absolute atomic E-state index is 0.268. The summed E-state index contributed by atoms with van der Waals surface area (Å²) in [6.07, 6.45) is 2.32. The van der Waals surface area contributed by atoms with Crippen molar-refractivity contribution in [3.63, 3.8) is 0 Å². The standard InChI is InChI=1S/C27H24N2O2S/c1-19-11-13-24(25-10-6-5-9-23(19)25)20-12-14-27-26(17-20)21(15-16-28)18-29(27)32(30,31)22-7-3-2-4-8-22/h2-14,17-18H,15-16,28H2,1H3. The summed E-state index contributed by atoms with van der Waals surface area (Å²) in [5.74, 6) is 0. The second kappa shape index (κ2) is 7.93. The van der Waals surface area contributed by atoms with Gasteiger partial charge in [-0.05, 0) is 77.2 Å². The van der Waals surface area contributed by atoms with Gasteiger partial charge in [-0.1, -0.05) is 60.7 Å². The van der Waals surface area contributed by atoms with Gasteiger partial charge in [-0.15, -0.1) is 0 Å². The van der Waals surface area contributed by atoms with Crippen LogP contribution in [0.4, 0.5) is 0 Å². The largest absolute Gasteiger partial charge is 0.330 e. The van der Waals surface area contributed by atoms with Gasteiger partial charge in [0.25, 0.3) is 10.0 Å². The third kappa shape index (κ3) is 3.30. The summed E-state index contributed by atoms with van der Waals surface area (Å²) in [4.78, 5) is 0.268. The molecule has 4 aromatic carbocycles. The Kier molecular flexibility index (Phi) is 5.08. The van der Waals surface area contributed by atoms with Crippen molar-refractivity contribution in [1.82, 2.24) is 3.97 Å². The normalized spacial score (nSPS) is 11.9. The molecule has 5 heteroatoms. The lowest BCUT2D eigenvalue weighted by Crippen LogP contribution is -2.11. The summed E-state index contributed by atoms with van der Waals surface area (Å²) in [6, 6.07) is 27.2. The molecule has 0 radical (unpaired) electrons.